The Kier molecular flexibility index (Phi) is 5.21. The molecule has 20 heavy (non-hydrogen) atoms. The number of rotatable bonds is 6. The minimum Gasteiger partial charge on any atom is -0.395 e. The molecule has 0 saturated carbocycles. The molecule has 2 aromatic carbocycles. The van der Waals surface area contributed by atoms with E-state index in [0.29, 0.717) is 6.42 Å². The Morgan fingerprint density at radius 2 is 1.75 bits per heavy atom. The molecule has 0 aliphatic rings. The van der Waals surface area contributed by atoms with E-state index in [1.807, 2.05) is 30.3 Å². The van der Waals surface area contributed by atoms with Crippen molar-refractivity contribution in [3.63, 3.8) is 0 Å². The zero-order valence-corrected chi connectivity index (χ0v) is 11.0. The van der Waals surface area contributed by atoms with Crippen LogP contribution in [0, 0.1) is 11.6 Å². The SMILES string of the molecule is OC[C@H](Cc1ccccc1)NCc1cccc(F)c1F. The lowest BCUT2D eigenvalue weighted by Gasteiger charge is -2.16. The van der Waals surface area contributed by atoms with Gasteiger partial charge in [-0.05, 0) is 18.1 Å². The van der Waals surface area contributed by atoms with Crippen molar-refractivity contribution in [3.8, 4) is 0 Å². The molecule has 0 aliphatic carbocycles. The largest absolute Gasteiger partial charge is 0.395 e. The summed E-state index contributed by atoms with van der Waals surface area (Å²) >= 11 is 0. The Morgan fingerprint density at radius 1 is 1.00 bits per heavy atom. The molecule has 0 fully saturated rings. The molecule has 0 aromatic heterocycles. The van der Waals surface area contributed by atoms with Crippen LogP contribution in [-0.4, -0.2) is 17.8 Å². The number of benzene rings is 2. The van der Waals surface area contributed by atoms with Gasteiger partial charge in [0, 0.05) is 18.2 Å². The highest BCUT2D eigenvalue weighted by Crippen LogP contribution is 2.11. The number of halogens is 2. The Bertz CT molecular complexity index is 545. The highest BCUT2D eigenvalue weighted by Gasteiger charge is 2.11. The van der Waals surface area contributed by atoms with Gasteiger partial charge in [-0.2, -0.15) is 0 Å². The van der Waals surface area contributed by atoms with E-state index >= 15 is 0 Å². The second-order valence-electron chi connectivity index (χ2n) is 4.66. The van der Waals surface area contributed by atoms with Crippen LogP contribution in [0.25, 0.3) is 0 Å². The van der Waals surface area contributed by atoms with Gasteiger partial charge in [0.15, 0.2) is 11.6 Å². The van der Waals surface area contributed by atoms with Gasteiger partial charge in [0.1, 0.15) is 0 Å². The second-order valence-corrected chi connectivity index (χ2v) is 4.66. The average molecular weight is 277 g/mol. The van der Waals surface area contributed by atoms with Crippen molar-refractivity contribution in [2.45, 2.75) is 19.0 Å². The van der Waals surface area contributed by atoms with Gasteiger partial charge in [0.05, 0.1) is 6.61 Å². The summed E-state index contributed by atoms with van der Waals surface area (Å²) in [6, 6.07) is 13.6. The van der Waals surface area contributed by atoms with Crippen molar-refractivity contribution in [2.75, 3.05) is 6.61 Å². The van der Waals surface area contributed by atoms with E-state index in [0.717, 1.165) is 11.6 Å². The highest BCUT2D eigenvalue weighted by atomic mass is 19.2. The van der Waals surface area contributed by atoms with E-state index in [2.05, 4.69) is 5.32 Å². The molecule has 106 valence electrons. The number of aliphatic hydroxyl groups is 1. The summed E-state index contributed by atoms with van der Waals surface area (Å²) in [5.41, 5.74) is 1.34. The summed E-state index contributed by atoms with van der Waals surface area (Å²) in [5, 5.41) is 12.4. The summed E-state index contributed by atoms with van der Waals surface area (Å²) in [6.45, 7) is 0.119. The van der Waals surface area contributed by atoms with E-state index in [1.54, 1.807) is 0 Å². The fraction of sp³-hybridized carbons (Fsp3) is 0.250. The molecule has 0 amide bonds. The molecule has 0 saturated heterocycles. The van der Waals surface area contributed by atoms with E-state index < -0.39 is 11.6 Å². The van der Waals surface area contributed by atoms with Crippen LogP contribution in [0.5, 0.6) is 0 Å². The number of hydrogen-bond donors (Lipinski definition) is 2. The summed E-state index contributed by atoms with van der Waals surface area (Å²) in [4.78, 5) is 0. The average Bonchev–Trinajstić information content (AvgIpc) is 2.48. The van der Waals surface area contributed by atoms with Crippen LogP contribution in [0.4, 0.5) is 8.78 Å². The topological polar surface area (TPSA) is 32.3 Å². The summed E-state index contributed by atoms with van der Waals surface area (Å²) in [7, 11) is 0. The standard InChI is InChI=1S/C16H17F2NO/c17-15-8-4-7-13(16(15)18)10-19-14(11-20)9-12-5-2-1-3-6-12/h1-8,14,19-20H,9-11H2/t14-/m0/s1. The van der Waals surface area contributed by atoms with E-state index in [9.17, 15) is 13.9 Å². The highest BCUT2D eigenvalue weighted by molar-refractivity contribution is 5.19. The van der Waals surface area contributed by atoms with Gasteiger partial charge in [-0.3, -0.25) is 0 Å². The van der Waals surface area contributed by atoms with Crippen molar-refractivity contribution in [3.05, 3.63) is 71.3 Å². The monoisotopic (exact) mass is 277 g/mol. The van der Waals surface area contributed by atoms with E-state index in [-0.39, 0.29) is 24.8 Å². The van der Waals surface area contributed by atoms with Crippen LogP contribution >= 0.6 is 0 Å². The molecule has 2 rings (SSSR count). The third-order valence-electron chi connectivity index (χ3n) is 3.16. The van der Waals surface area contributed by atoms with E-state index in [4.69, 9.17) is 0 Å². The summed E-state index contributed by atoms with van der Waals surface area (Å²) < 4.78 is 26.6. The molecule has 0 radical (unpaired) electrons. The first-order valence-electron chi connectivity index (χ1n) is 6.51. The Balaban J connectivity index is 1.95. The van der Waals surface area contributed by atoms with E-state index in [1.165, 1.54) is 12.1 Å². The molecule has 0 spiro atoms. The van der Waals surface area contributed by atoms with Crippen molar-refractivity contribution in [2.24, 2.45) is 0 Å². The number of hydrogen-bond acceptors (Lipinski definition) is 2. The Hall–Kier alpha value is -1.78. The molecule has 4 heteroatoms. The van der Waals surface area contributed by atoms with Crippen LogP contribution in [0.3, 0.4) is 0 Å². The van der Waals surface area contributed by atoms with Crippen LogP contribution in [0.15, 0.2) is 48.5 Å². The molecule has 1 atom stereocenters. The van der Waals surface area contributed by atoms with Gasteiger partial charge >= 0.3 is 0 Å². The molecule has 0 bridgehead atoms. The molecule has 2 aromatic rings. The maximum absolute atomic E-state index is 13.5. The van der Waals surface area contributed by atoms with Gasteiger partial charge in [-0.1, -0.05) is 42.5 Å². The zero-order chi connectivity index (χ0) is 14.4. The predicted octanol–water partition coefficient (Wildman–Crippen LogP) is 2.66. The quantitative estimate of drug-likeness (QED) is 0.851. The summed E-state index contributed by atoms with van der Waals surface area (Å²) in [6.07, 6.45) is 0.633. The molecular weight excluding hydrogens is 260 g/mol. The lowest BCUT2D eigenvalue weighted by Crippen LogP contribution is -2.34. The van der Waals surface area contributed by atoms with Gasteiger partial charge < -0.3 is 10.4 Å². The number of aliphatic hydroxyl groups excluding tert-OH is 1. The van der Waals surface area contributed by atoms with Crippen molar-refractivity contribution < 1.29 is 13.9 Å². The second kappa shape index (κ2) is 7.12. The van der Waals surface area contributed by atoms with Crippen LogP contribution in [-0.2, 0) is 13.0 Å². The first kappa shape index (κ1) is 14.6. The summed E-state index contributed by atoms with van der Waals surface area (Å²) in [5.74, 6) is -1.69. The smallest absolute Gasteiger partial charge is 0.163 e. The van der Waals surface area contributed by atoms with Crippen molar-refractivity contribution in [1.82, 2.24) is 5.32 Å². The third kappa shape index (κ3) is 3.85. The Morgan fingerprint density at radius 3 is 2.45 bits per heavy atom. The number of nitrogens with one attached hydrogen (secondary N) is 1. The lowest BCUT2D eigenvalue weighted by atomic mass is 10.1. The van der Waals surface area contributed by atoms with Crippen molar-refractivity contribution >= 4 is 0 Å². The van der Waals surface area contributed by atoms with Crippen LogP contribution < -0.4 is 5.32 Å². The Labute approximate surface area is 117 Å². The van der Waals surface area contributed by atoms with Gasteiger partial charge in [0.2, 0.25) is 0 Å². The molecule has 2 nitrogen and oxygen atoms in total. The maximum atomic E-state index is 13.5. The normalized spacial score (nSPS) is 12.3. The first-order valence-corrected chi connectivity index (χ1v) is 6.51. The van der Waals surface area contributed by atoms with Gasteiger partial charge in [-0.15, -0.1) is 0 Å². The first-order chi connectivity index (χ1) is 9.70. The van der Waals surface area contributed by atoms with Crippen LogP contribution in [0.1, 0.15) is 11.1 Å². The third-order valence-corrected chi connectivity index (χ3v) is 3.16. The lowest BCUT2D eigenvalue weighted by molar-refractivity contribution is 0.240. The van der Waals surface area contributed by atoms with Gasteiger partial charge in [-0.25, -0.2) is 8.78 Å². The predicted molar refractivity (Wildman–Crippen MR) is 74.2 cm³/mol. The fourth-order valence-electron chi connectivity index (χ4n) is 2.04. The minimum absolute atomic E-state index is 0.0637. The molecule has 2 N–H and O–H groups in total. The molecule has 0 unspecified atom stereocenters. The molecular formula is C16H17F2NO. The maximum Gasteiger partial charge on any atom is 0.163 e. The minimum atomic E-state index is -0.854. The van der Waals surface area contributed by atoms with Crippen molar-refractivity contribution in [1.29, 1.82) is 0 Å². The van der Waals surface area contributed by atoms with Gasteiger partial charge in [0.25, 0.3) is 0 Å². The fourth-order valence-corrected chi connectivity index (χ4v) is 2.04. The van der Waals surface area contributed by atoms with Crippen LogP contribution in [0.2, 0.25) is 0 Å². The molecule has 0 aliphatic heterocycles. The zero-order valence-electron chi connectivity index (χ0n) is 11.0. The molecule has 0 heterocycles.